The normalized spacial score (nSPS) is 16.9. The van der Waals surface area contributed by atoms with Gasteiger partial charge in [0.1, 0.15) is 5.69 Å². The molecule has 1 saturated heterocycles. The molecule has 10 heteroatoms. The zero-order valence-electron chi connectivity index (χ0n) is 16.7. The van der Waals surface area contributed by atoms with Crippen molar-refractivity contribution in [2.75, 3.05) is 18.4 Å². The monoisotopic (exact) mass is 450 g/mol. The minimum absolute atomic E-state index is 0.0640. The van der Waals surface area contributed by atoms with E-state index in [4.69, 9.17) is 5.14 Å². The lowest BCUT2D eigenvalue weighted by Gasteiger charge is -2.30. The summed E-state index contributed by atoms with van der Waals surface area (Å²) in [6.07, 6.45) is 3.12. The Labute approximate surface area is 181 Å². The number of anilines is 1. The number of nitrogens with zero attached hydrogens (tertiary/aromatic N) is 2. The van der Waals surface area contributed by atoms with E-state index >= 15 is 0 Å². The van der Waals surface area contributed by atoms with E-state index in [0.29, 0.717) is 0 Å². The molecule has 30 heavy (non-hydrogen) atoms. The summed E-state index contributed by atoms with van der Waals surface area (Å²) in [5.41, 5.74) is -0.0217. The Hall–Kier alpha value is -2.14. The number of primary sulfonamides is 1. The first kappa shape index (κ1) is 22.5. The third-order valence-electron chi connectivity index (χ3n) is 5.01. The smallest absolute Gasteiger partial charge is 0.293 e. The predicted octanol–water partition coefficient (Wildman–Crippen LogP) is 3.65. The van der Waals surface area contributed by atoms with Gasteiger partial charge in [-0.3, -0.25) is 15.0 Å². The third-order valence-corrected chi connectivity index (χ3v) is 7.23. The van der Waals surface area contributed by atoms with Crippen molar-refractivity contribution in [2.24, 2.45) is 5.14 Å². The van der Waals surface area contributed by atoms with Gasteiger partial charge in [0.2, 0.25) is 10.0 Å². The molecule has 3 N–H and O–H groups in total. The van der Waals surface area contributed by atoms with Crippen molar-refractivity contribution < 1.29 is 13.3 Å². The molecule has 0 aromatic heterocycles. The van der Waals surface area contributed by atoms with Crippen molar-refractivity contribution in [3.05, 3.63) is 58.6 Å². The summed E-state index contributed by atoms with van der Waals surface area (Å²) in [6.45, 7) is 4.06. The fourth-order valence-electron chi connectivity index (χ4n) is 3.55. The molecule has 2 atom stereocenters. The maximum absolute atomic E-state index is 11.5. The molecule has 1 heterocycles. The lowest BCUT2D eigenvalue weighted by Crippen LogP contribution is -2.34. The molecule has 0 aliphatic carbocycles. The maximum Gasteiger partial charge on any atom is 0.293 e. The molecule has 1 fully saturated rings. The number of nitro groups is 1. The van der Waals surface area contributed by atoms with Crippen LogP contribution in [0.3, 0.4) is 0 Å². The summed E-state index contributed by atoms with van der Waals surface area (Å²) in [4.78, 5) is 14.2. The Kier molecular flexibility index (Phi) is 7.35. The van der Waals surface area contributed by atoms with E-state index in [0.717, 1.165) is 25.6 Å². The van der Waals surface area contributed by atoms with Crippen molar-refractivity contribution in [1.29, 1.82) is 0 Å². The van der Waals surface area contributed by atoms with Gasteiger partial charge in [-0.15, -0.1) is 11.8 Å². The predicted molar refractivity (Wildman–Crippen MR) is 119 cm³/mol. The van der Waals surface area contributed by atoms with Gasteiger partial charge in [0.15, 0.2) is 0 Å². The van der Waals surface area contributed by atoms with Gasteiger partial charge in [-0.2, -0.15) is 0 Å². The molecular formula is C20H26N4O4S2. The van der Waals surface area contributed by atoms with Gasteiger partial charge in [0.25, 0.3) is 5.69 Å². The first-order chi connectivity index (χ1) is 14.2. The van der Waals surface area contributed by atoms with Crippen LogP contribution in [0, 0.1) is 10.1 Å². The molecular weight excluding hydrogens is 424 g/mol. The Morgan fingerprint density at radius 1 is 1.20 bits per heavy atom. The Bertz CT molecular complexity index is 980. The van der Waals surface area contributed by atoms with Crippen LogP contribution in [0.15, 0.2) is 58.3 Å². The maximum atomic E-state index is 11.5. The highest BCUT2D eigenvalue weighted by atomic mass is 32.2. The van der Waals surface area contributed by atoms with Crippen molar-refractivity contribution in [1.82, 2.24) is 4.90 Å². The highest BCUT2D eigenvalue weighted by molar-refractivity contribution is 7.99. The number of hydrogen-bond acceptors (Lipinski definition) is 7. The molecule has 0 bridgehead atoms. The summed E-state index contributed by atoms with van der Waals surface area (Å²) >= 11 is 1.80. The van der Waals surface area contributed by atoms with Crippen LogP contribution in [0.25, 0.3) is 0 Å². The summed E-state index contributed by atoms with van der Waals surface area (Å²) in [5.74, 6) is 0. The molecule has 162 valence electrons. The van der Waals surface area contributed by atoms with Gasteiger partial charge in [-0.25, -0.2) is 13.6 Å². The Morgan fingerprint density at radius 3 is 2.47 bits per heavy atom. The number of nitrogens with one attached hydrogen (secondary N) is 1. The number of likely N-dealkylation sites (tertiary alicyclic amines) is 1. The molecule has 0 spiro atoms. The van der Waals surface area contributed by atoms with Crippen LogP contribution in [0.4, 0.5) is 11.4 Å². The SMILES string of the molecule is C[C@H](C[C@H](Sc1ccccc1)N1CCCC1)Nc1ccc(S(N)(=O)=O)cc1[N+](=O)[O-]. The van der Waals surface area contributed by atoms with Gasteiger partial charge in [0, 0.05) is 17.0 Å². The topological polar surface area (TPSA) is 119 Å². The molecule has 8 nitrogen and oxygen atoms in total. The average Bonchev–Trinajstić information content (AvgIpc) is 3.22. The van der Waals surface area contributed by atoms with Crippen LogP contribution in [0.5, 0.6) is 0 Å². The molecule has 3 rings (SSSR count). The van der Waals surface area contributed by atoms with Crippen molar-refractivity contribution >= 4 is 33.2 Å². The fourth-order valence-corrected chi connectivity index (χ4v) is 5.45. The summed E-state index contributed by atoms with van der Waals surface area (Å²) in [6, 6.07) is 13.8. The minimum atomic E-state index is -4.01. The van der Waals surface area contributed by atoms with E-state index in [-0.39, 0.29) is 27.7 Å². The quantitative estimate of drug-likeness (QED) is 0.340. The highest BCUT2D eigenvalue weighted by Crippen LogP contribution is 2.33. The molecule has 1 aliphatic rings. The lowest BCUT2D eigenvalue weighted by molar-refractivity contribution is -0.384. The lowest BCUT2D eigenvalue weighted by atomic mass is 10.2. The van der Waals surface area contributed by atoms with E-state index in [9.17, 15) is 18.5 Å². The zero-order valence-corrected chi connectivity index (χ0v) is 18.4. The van der Waals surface area contributed by atoms with Crippen molar-refractivity contribution in [3.63, 3.8) is 0 Å². The second kappa shape index (κ2) is 9.78. The van der Waals surface area contributed by atoms with Crippen LogP contribution in [0.2, 0.25) is 0 Å². The molecule has 2 aromatic rings. The van der Waals surface area contributed by atoms with E-state index in [1.165, 1.54) is 29.9 Å². The number of hydrogen-bond donors (Lipinski definition) is 2. The molecule has 0 unspecified atom stereocenters. The number of benzene rings is 2. The Balaban J connectivity index is 1.76. The van der Waals surface area contributed by atoms with Gasteiger partial charge in [0.05, 0.1) is 15.2 Å². The minimum Gasteiger partial charge on any atom is -0.377 e. The largest absolute Gasteiger partial charge is 0.377 e. The zero-order chi connectivity index (χ0) is 21.7. The number of nitro benzene ring substituents is 1. The van der Waals surface area contributed by atoms with E-state index in [1.807, 2.05) is 25.1 Å². The Morgan fingerprint density at radius 2 is 1.87 bits per heavy atom. The fraction of sp³-hybridized carbons (Fsp3) is 0.400. The average molecular weight is 451 g/mol. The van der Waals surface area contributed by atoms with Crippen LogP contribution < -0.4 is 10.5 Å². The first-order valence-electron chi connectivity index (χ1n) is 9.77. The number of sulfonamides is 1. The van der Waals surface area contributed by atoms with E-state index in [2.05, 4.69) is 22.3 Å². The van der Waals surface area contributed by atoms with Crippen LogP contribution >= 0.6 is 11.8 Å². The first-order valence-corrected chi connectivity index (χ1v) is 12.2. The second-order valence-electron chi connectivity index (χ2n) is 7.39. The third kappa shape index (κ3) is 5.94. The van der Waals surface area contributed by atoms with Gasteiger partial charge in [-0.1, -0.05) is 18.2 Å². The van der Waals surface area contributed by atoms with E-state index in [1.54, 1.807) is 11.8 Å². The summed E-state index contributed by atoms with van der Waals surface area (Å²) in [5, 5.41) is 20.0. The number of nitrogens with two attached hydrogens (primary N) is 1. The van der Waals surface area contributed by atoms with Crippen molar-refractivity contribution in [2.45, 2.75) is 47.4 Å². The summed E-state index contributed by atoms with van der Waals surface area (Å²) < 4.78 is 23.1. The van der Waals surface area contributed by atoms with E-state index < -0.39 is 14.9 Å². The number of rotatable bonds is 9. The molecule has 0 amide bonds. The second-order valence-corrected chi connectivity index (χ2v) is 10.2. The van der Waals surface area contributed by atoms with Crippen LogP contribution in [-0.4, -0.2) is 42.7 Å². The van der Waals surface area contributed by atoms with Crippen LogP contribution in [0.1, 0.15) is 26.2 Å². The van der Waals surface area contributed by atoms with Crippen LogP contribution in [-0.2, 0) is 10.0 Å². The van der Waals surface area contributed by atoms with Gasteiger partial charge >= 0.3 is 0 Å². The molecule has 0 saturated carbocycles. The highest BCUT2D eigenvalue weighted by Gasteiger charge is 2.26. The summed E-state index contributed by atoms with van der Waals surface area (Å²) in [7, 11) is -4.01. The van der Waals surface area contributed by atoms with Gasteiger partial charge in [-0.05, 0) is 63.5 Å². The van der Waals surface area contributed by atoms with Gasteiger partial charge < -0.3 is 5.32 Å². The molecule has 0 radical (unpaired) electrons. The molecule has 1 aliphatic heterocycles. The standard InChI is InChI=1S/C20H26N4O4S2/c1-15(22-18-10-9-17(30(21,27)28)14-19(18)24(25)26)13-20(23-11-5-6-12-23)29-16-7-3-2-4-8-16/h2-4,7-10,14-15,20,22H,5-6,11-13H2,1H3,(H2,21,27,28)/t15-,20+/m1/s1. The molecule has 2 aromatic carbocycles. The van der Waals surface area contributed by atoms with Crippen molar-refractivity contribution in [3.8, 4) is 0 Å². The number of thioether (sulfide) groups is 1.